The summed E-state index contributed by atoms with van der Waals surface area (Å²) in [5.41, 5.74) is 1.48. The molecule has 0 fully saturated rings. The van der Waals surface area contributed by atoms with Crippen molar-refractivity contribution < 1.29 is 18.4 Å². The van der Waals surface area contributed by atoms with E-state index in [0.717, 1.165) is 10.4 Å². The Kier molecular flexibility index (Phi) is 6.02. The van der Waals surface area contributed by atoms with E-state index >= 15 is 0 Å². The van der Waals surface area contributed by atoms with Crippen molar-refractivity contribution in [3.8, 4) is 11.5 Å². The fraction of sp³-hybridized carbons (Fsp3) is 0.133. The maximum Gasteiger partial charge on any atom is 0.277 e. The highest BCUT2D eigenvalue weighted by atomic mass is 28.4. The van der Waals surface area contributed by atoms with E-state index in [1.165, 1.54) is 0 Å². The summed E-state index contributed by atoms with van der Waals surface area (Å²) >= 11 is 0. The molecule has 1 aliphatic rings. The van der Waals surface area contributed by atoms with Gasteiger partial charge in [-0.15, -0.1) is 0 Å². The van der Waals surface area contributed by atoms with Crippen LogP contribution in [0.4, 0.5) is 0 Å². The van der Waals surface area contributed by atoms with E-state index in [9.17, 15) is 9.59 Å². The molecule has 0 spiro atoms. The first-order valence-electron chi connectivity index (χ1n) is 12.0. The van der Waals surface area contributed by atoms with E-state index in [4.69, 9.17) is 8.85 Å². The maximum absolute atomic E-state index is 13.8. The van der Waals surface area contributed by atoms with Gasteiger partial charge < -0.3 is 8.85 Å². The van der Waals surface area contributed by atoms with Gasteiger partial charge in [0.2, 0.25) is 0 Å². The Balaban J connectivity index is 1.68. The summed E-state index contributed by atoms with van der Waals surface area (Å²) in [6, 6.07) is 30.6. The van der Waals surface area contributed by atoms with Crippen LogP contribution in [0.2, 0.25) is 26.2 Å². The summed E-state index contributed by atoms with van der Waals surface area (Å²) in [7, 11) is -4.96. The lowest BCUT2D eigenvalue weighted by atomic mass is 9.83. The molecule has 1 aliphatic carbocycles. The summed E-state index contributed by atoms with van der Waals surface area (Å²) in [5, 5.41) is 2.21. The third kappa shape index (κ3) is 4.23. The van der Waals surface area contributed by atoms with Crippen LogP contribution in [-0.2, 0) is 0 Å². The maximum atomic E-state index is 13.8. The number of hydrogen-bond acceptors (Lipinski definition) is 4. The first kappa shape index (κ1) is 24.0. The minimum Gasteiger partial charge on any atom is -0.537 e. The highest BCUT2D eigenvalue weighted by Crippen LogP contribution is 2.41. The molecule has 180 valence electrons. The monoisotopic (exact) mass is 508 g/mol. The van der Waals surface area contributed by atoms with E-state index in [-0.39, 0.29) is 11.6 Å². The lowest BCUT2D eigenvalue weighted by Crippen LogP contribution is -2.49. The molecule has 0 saturated heterocycles. The lowest BCUT2D eigenvalue weighted by molar-refractivity contribution is 0.0977. The average Bonchev–Trinajstić information content (AvgIpc) is 2.89. The third-order valence-electron chi connectivity index (χ3n) is 6.67. The number of rotatable bonds is 6. The van der Waals surface area contributed by atoms with Crippen molar-refractivity contribution in [2.75, 3.05) is 0 Å². The Bertz CT molecular complexity index is 1460. The fourth-order valence-electron chi connectivity index (χ4n) is 4.65. The zero-order valence-corrected chi connectivity index (χ0v) is 22.9. The van der Waals surface area contributed by atoms with Crippen LogP contribution in [0.15, 0.2) is 97.1 Å². The fourth-order valence-corrected chi connectivity index (χ4v) is 8.30. The van der Waals surface area contributed by atoms with Gasteiger partial charge in [0, 0.05) is 16.7 Å². The summed E-state index contributed by atoms with van der Waals surface area (Å²) in [6.07, 6.45) is 0. The van der Waals surface area contributed by atoms with Crippen molar-refractivity contribution in [2.45, 2.75) is 26.2 Å². The minimum atomic E-state index is -2.54. The Morgan fingerprint density at radius 3 is 1.53 bits per heavy atom. The van der Waals surface area contributed by atoms with E-state index < -0.39 is 16.6 Å². The van der Waals surface area contributed by atoms with Crippen molar-refractivity contribution >= 4 is 38.6 Å². The van der Waals surface area contributed by atoms with Crippen molar-refractivity contribution in [1.82, 2.24) is 0 Å². The second kappa shape index (κ2) is 9.04. The van der Waals surface area contributed by atoms with E-state index in [1.807, 2.05) is 48.5 Å². The molecule has 0 heterocycles. The highest BCUT2D eigenvalue weighted by molar-refractivity contribution is 6.85. The topological polar surface area (TPSA) is 52.6 Å². The summed E-state index contributed by atoms with van der Waals surface area (Å²) in [5.74, 6) is 0.497. The predicted octanol–water partition coefficient (Wildman–Crippen LogP) is 5.44. The van der Waals surface area contributed by atoms with E-state index in [1.54, 1.807) is 36.4 Å². The summed E-state index contributed by atoms with van der Waals surface area (Å²) in [4.78, 5) is 27.3. The Morgan fingerprint density at radius 2 is 0.972 bits per heavy atom. The van der Waals surface area contributed by atoms with Crippen molar-refractivity contribution in [3.63, 3.8) is 0 Å². The normalized spacial score (nSPS) is 13.1. The zero-order chi connectivity index (χ0) is 25.5. The number of fused-ring (bicyclic) bond motifs is 2. The van der Waals surface area contributed by atoms with Gasteiger partial charge >= 0.3 is 0 Å². The quantitative estimate of drug-likeness (QED) is 0.287. The van der Waals surface area contributed by atoms with Crippen LogP contribution in [0.25, 0.3) is 0 Å². The van der Waals surface area contributed by atoms with Gasteiger partial charge in [0.05, 0.1) is 5.56 Å². The Labute approximate surface area is 213 Å². The van der Waals surface area contributed by atoms with Crippen molar-refractivity contribution in [3.05, 3.63) is 119 Å². The number of benzene rings is 4. The largest absolute Gasteiger partial charge is 0.537 e. The molecule has 6 heteroatoms. The zero-order valence-electron chi connectivity index (χ0n) is 20.9. The standard InChI is InChI=1S/C30H28O4Si2/c1-35(2,21-13-7-5-8-14-21)33-26-20-19-25-27(29(32)24-18-12-11-17-23(24)28(25)31)30(26)34-36(3,4)22-15-9-6-10-16-22/h5-20H,1-4H3. The van der Waals surface area contributed by atoms with Gasteiger partial charge in [-0.1, -0.05) is 84.9 Å². The molecule has 0 unspecified atom stereocenters. The summed E-state index contributed by atoms with van der Waals surface area (Å²) in [6.45, 7) is 8.42. The molecule has 5 rings (SSSR count). The average molecular weight is 509 g/mol. The molecule has 0 aromatic heterocycles. The molecule has 0 radical (unpaired) electrons. The third-order valence-corrected chi connectivity index (χ3v) is 11.6. The first-order chi connectivity index (χ1) is 17.2. The van der Waals surface area contributed by atoms with Crippen LogP contribution in [-0.4, -0.2) is 28.2 Å². The first-order valence-corrected chi connectivity index (χ1v) is 17.9. The number of carbonyl (C=O) groups is 2. The smallest absolute Gasteiger partial charge is 0.277 e. The van der Waals surface area contributed by atoms with Gasteiger partial charge in [0.25, 0.3) is 16.6 Å². The molecule has 4 aromatic rings. The second-order valence-corrected chi connectivity index (χ2v) is 17.6. The number of ketones is 2. The van der Waals surface area contributed by atoms with E-state index in [2.05, 4.69) is 38.3 Å². The number of carbonyl (C=O) groups excluding carboxylic acids is 2. The molecular weight excluding hydrogens is 480 g/mol. The second-order valence-electron chi connectivity index (χ2n) is 9.98. The van der Waals surface area contributed by atoms with Gasteiger partial charge in [0.1, 0.15) is 5.75 Å². The molecule has 4 aromatic carbocycles. The SMILES string of the molecule is C[Si](C)(Oc1ccc2c(c1O[Si](C)(C)c1ccccc1)C(=O)c1ccccc1C2=O)c1ccccc1. The highest BCUT2D eigenvalue weighted by Gasteiger charge is 2.38. The summed E-state index contributed by atoms with van der Waals surface area (Å²) < 4.78 is 13.5. The molecule has 36 heavy (non-hydrogen) atoms. The van der Waals surface area contributed by atoms with Crippen LogP contribution in [0.3, 0.4) is 0 Å². The van der Waals surface area contributed by atoms with Crippen molar-refractivity contribution in [1.29, 1.82) is 0 Å². The number of hydrogen-bond donors (Lipinski definition) is 0. The van der Waals surface area contributed by atoms with Crippen molar-refractivity contribution in [2.24, 2.45) is 0 Å². The van der Waals surface area contributed by atoms with E-state index in [0.29, 0.717) is 33.8 Å². The lowest BCUT2D eigenvalue weighted by Gasteiger charge is -2.32. The van der Waals surface area contributed by atoms with Crippen LogP contribution in [0.5, 0.6) is 11.5 Å². The molecule has 0 aliphatic heterocycles. The Morgan fingerprint density at radius 1 is 0.500 bits per heavy atom. The molecule has 0 saturated carbocycles. The molecule has 0 atom stereocenters. The van der Waals surface area contributed by atoms with Crippen LogP contribution < -0.4 is 19.2 Å². The minimum absolute atomic E-state index is 0.171. The molecule has 0 amide bonds. The molecule has 0 N–H and O–H groups in total. The van der Waals surface area contributed by atoms with Crippen LogP contribution >= 0.6 is 0 Å². The van der Waals surface area contributed by atoms with Gasteiger partial charge in [-0.3, -0.25) is 9.59 Å². The van der Waals surface area contributed by atoms with Crippen LogP contribution in [0.1, 0.15) is 31.8 Å². The molecular formula is C30H28O4Si2. The molecule has 4 nitrogen and oxygen atoms in total. The van der Waals surface area contributed by atoms with Gasteiger partial charge in [-0.25, -0.2) is 0 Å². The van der Waals surface area contributed by atoms with Crippen LogP contribution in [0, 0.1) is 0 Å². The van der Waals surface area contributed by atoms with Gasteiger partial charge in [-0.05, 0) is 48.7 Å². The molecule has 0 bridgehead atoms. The van der Waals surface area contributed by atoms with Gasteiger partial charge in [-0.2, -0.15) is 0 Å². The predicted molar refractivity (Wildman–Crippen MR) is 148 cm³/mol. The van der Waals surface area contributed by atoms with Gasteiger partial charge in [0.15, 0.2) is 17.3 Å². The Hall–Kier alpha value is -3.75.